The van der Waals surface area contributed by atoms with Gasteiger partial charge in [-0.1, -0.05) is 18.5 Å². The van der Waals surface area contributed by atoms with Crippen LogP contribution >= 0.6 is 11.6 Å². The second kappa shape index (κ2) is 6.68. The average molecular weight is 296 g/mol. The highest BCUT2D eigenvalue weighted by Gasteiger charge is 2.23. The lowest BCUT2D eigenvalue weighted by Gasteiger charge is -2.20. The normalized spacial score (nSPS) is 12.2. The van der Waals surface area contributed by atoms with Crippen LogP contribution in [0.25, 0.3) is 0 Å². The van der Waals surface area contributed by atoms with Gasteiger partial charge in [0.1, 0.15) is 22.3 Å². The molecule has 0 saturated carbocycles. The highest BCUT2D eigenvalue weighted by molar-refractivity contribution is 6.33. The first kappa shape index (κ1) is 14.8. The lowest BCUT2D eigenvalue weighted by molar-refractivity contribution is 0.381. The van der Waals surface area contributed by atoms with Crippen molar-refractivity contribution in [1.29, 1.82) is 0 Å². The van der Waals surface area contributed by atoms with Gasteiger partial charge in [0.2, 0.25) is 0 Å². The van der Waals surface area contributed by atoms with Gasteiger partial charge >= 0.3 is 0 Å². The summed E-state index contributed by atoms with van der Waals surface area (Å²) in [6.45, 7) is 2.83. The molecule has 1 atom stereocenters. The third-order valence-corrected chi connectivity index (χ3v) is 3.42. The van der Waals surface area contributed by atoms with E-state index in [1.807, 2.05) is 31.2 Å². The van der Waals surface area contributed by atoms with Crippen LogP contribution in [0, 0.1) is 0 Å². The first-order chi connectivity index (χ1) is 9.72. The molecule has 2 rings (SSSR count). The average Bonchev–Trinajstić information content (AvgIpc) is 2.98. The fourth-order valence-electron chi connectivity index (χ4n) is 2.17. The summed E-state index contributed by atoms with van der Waals surface area (Å²) in [5.74, 6) is 1.99. The molecule has 1 aromatic carbocycles. The third-order valence-electron chi connectivity index (χ3n) is 3.06. The van der Waals surface area contributed by atoms with Gasteiger partial charge in [-0.2, -0.15) is 0 Å². The van der Waals surface area contributed by atoms with Crippen molar-refractivity contribution in [3.63, 3.8) is 0 Å². The zero-order valence-corrected chi connectivity index (χ0v) is 12.5. The summed E-state index contributed by atoms with van der Waals surface area (Å²) in [5.41, 5.74) is 0.912. The van der Waals surface area contributed by atoms with E-state index >= 15 is 0 Å². The molecule has 0 aliphatic rings. The Bertz CT molecular complexity index is 554. The van der Waals surface area contributed by atoms with Gasteiger partial charge < -0.3 is 19.2 Å². The molecule has 0 radical (unpaired) electrons. The molecule has 4 nitrogen and oxygen atoms in total. The van der Waals surface area contributed by atoms with Gasteiger partial charge in [-0.3, -0.25) is 0 Å². The van der Waals surface area contributed by atoms with Crippen LogP contribution < -0.4 is 14.8 Å². The molecule has 108 valence electrons. The molecule has 1 aromatic heterocycles. The van der Waals surface area contributed by atoms with Crippen molar-refractivity contribution < 1.29 is 13.9 Å². The highest BCUT2D eigenvalue weighted by atomic mass is 35.5. The van der Waals surface area contributed by atoms with Crippen molar-refractivity contribution in [3.8, 4) is 11.5 Å². The van der Waals surface area contributed by atoms with Crippen LogP contribution in [0.15, 0.2) is 34.9 Å². The fourth-order valence-corrected chi connectivity index (χ4v) is 2.50. The van der Waals surface area contributed by atoms with Crippen molar-refractivity contribution in [1.82, 2.24) is 5.32 Å². The Balaban J connectivity index is 2.51. The van der Waals surface area contributed by atoms with Crippen molar-refractivity contribution in [3.05, 3.63) is 46.9 Å². The van der Waals surface area contributed by atoms with Crippen LogP contribution in [0.3, 0.4) is 0 Å². The Kier molecular flexibility index (Phi) is 4.93. The largest absolute Gasteiger partial charge is 0.495 e. The SMILES string of the molecule is CCNC(c1ccco1)c1ccc(OC)c(Cl)c1OC. The number of rotatable bonds is 6. The minimum absolute atomic E-state index is 0.117. The molecule has 1 N–H and O–H groups in total. The molecule has 0 aliphatic carbocycles. The summed E-state index contributed by atoms with van der Waals surface area (Å²) < 4.78 is 16.2. The second-order valence-electron chi connectivity index (χ2n) is 4.21. The number of ether oxygens (including phenoxy) is 2. The molecule has 20 heavy (non-hydrogen) atoms. The van der Waals surface area contributed by atoms with Crippen LogP contribution in [-0.2, 0) is 0 Å². The van der Waals surface area contributed by atoms with Gasteiger partial charge in [-0.25, -0.2) is 0 Å². The van der Waals surface area contributed by atoms with E-state index in [0.29, 0.717) is 16.5 Å². The lowest BCUT2D eigenvalue weighted by atomic mass is 10.0. The minimum atomic E-state index is -0.117. The number of benzene rings is 1. The van der Waals surface area contributed by atoms with Crippen LogP contribution in [0.5, 0.6) is 11.5 Å². The summed E-state index contributed by atoms with van der Waals surface area (Å²) in [7, 11) is 3.17. The van der Waals surface area contributed by atoms with Crippen LogP contribution in [0.2, 0.25) is 5.02 Å². The monoisotopic (exact) mass is 295 g/mol. The van der Waals surface area contributed by atoms with E-state index in [1.54, 1.807) is 20.5 Å². The van der Waals surface area contributed by atoms with E-state index in [9.17, 15) is 0 Å². The highest BCUT2D eigenvalue weighted by Crippen LogP contribution is 2.41. The topological polar surface area (TPSA) is 43.6 Å². The van der Waals surface area contributed by atoms with E-state index < -0.39 is 0 Å². The molecule has 0 aliphatic heterocycles. The first-order valence-corrected chi connectivity index (χ1v) is 6.77. The summed E-state index contributed by atoms with van der Waals surface area (Å²) >= 11 is 6.31. The van der Waals surface area contributed by atoms with Crippen molar-refractivity contribution in [2.45, 2.75) is 13.0 Å². The number of hydrogen-bond donors (Lipinski definition) is 1. The van der Waals surface area contributed by atoms with Crippen molar-refractivity contribution in [2.24, 2.45) is 0 Å². The summed E-state index contributed by atoms with van der Waals surface area (Å²) in [5, 5.41) is 3.83. The number of halogens is 1. The maximum Gasteiger partial charge on any atom is 0.146 e. The van der Waals surface area contributed by atoms with E-state index in [4.69, 9.17) is 25.5 Å². The fraction of sp³-hybridized carbons (Fsp3) is 0.333. The maximum atomic E-state index is 6.31. The van der Waals surface area contributed by atoms with Gasteiger partial charge in [0.25, 0.3) is 0 Å². The van der Waals surface area contributed by atoms with E-state index in [2.05, 4.69) is 5.32 Å². The summed E-state index contributed by atoms with van der Waals surface area (Å²) in [6, 6.07) is 7.42. The van der Waals surface area contributed by atoms with Gasteiger partial charge in [-0.15, -0.1) is 0 Å². The zero-order chi connectivity index (χ0) is 14.5. The van der Waals surface area contributed by atoms with Crippen molar-refractivity contribution >= 4 is 11.6 Å². The van der Waals surface area contributed by atoms with Gasteiger partial charge in [0.15, 0.2) is 0 Å². The predicted molar refractivity (Wildman–Crippen MR) is 78.8 cm³/mol. The predicted octanol–water partition coefficient (Wildman–Crippen LogP) is 3.65. The Morgan fingerprint density at radius 1 is 1.25 bits per heavy atom. The Morgan fingerprint density at radius 3 is 2.60 bits per heavy atom. The maximum absolute atomic E-state index is 6.31. The quantitative estimate of drug-likeness (QED) is 0.883. The molecule has 1 heterocycles. The van der Waals surface area contributed by atoms with E-state index in [-0.39, 0.29) is 6.04 Å². The molecule has 5 heteroatoms. The number of hydrogen-bond acceptors (Lipinski definition) is 4. The number of nitrogens with one attached hydrogen (secondary N) is 1. The molecular formula is C15H18ClNO3. The molecular weight excluding hydrogens is 278 g/mol. The standard InChI is InChI=1S/C15H18ClNO3/c1-4-17-14(12-6-5-9-20-12)10-7-8-11(18-2)13(16)15(10)19-3/h5-9,14,17H,4H2,1-3H3. The molecule has 0 bridgehead atoms. The molecule has 0 spiro atoms. The number of methoxy groups -OCH3 is 2. The van der Waals surface area contributed by atoms with Crippen LogP contribution in [0.1, 0.15) is 24.3 Å². The molecule has 0 saturated heterocycles. The van der Waals surface area contributed by atoms with Gasteiger partial charge in [0.05, 0.1) is 26.5 Å². The van der Waals surface area contributed by atoms with E-state index in [0.717, 1.165) is 17.9 Å². The molecule has 0 fully saturated rings. The molecule has 1 unspecified atom stereocenters. The third kappa shape index (κ3) is 2.76. The number of furan rings is 1. The summed E-state index contributed by atoms with van der Waals surface area (Å²) in [6.07, 6.45) is 1.65. The smallest absolute Gasteiger partial charge is 0.146 e. The molecule has 2 aromatic rings. The van der Waals surface area contributed by atoms with Crippen LogP contribution in [0.4, 0.5) is 0 Å². The van der Waals surface area contributed by atoms with Crippen molar-refractivity contribution in [2.75, 3.05) is 20.8 Å². The van der Waals surface area contributed by atoms with E-state index in [1.165, 1.54) is 0 Å². The first-order valence-electron chi connectivity index (χ1n) is 6.40. The lowest BCUT2D eigenvalue weighted by Crippen LogP contribution is -2.22. The van der Waals surface area contributed by atoms with Crippen LogP contribution in [-0.4, -0.2) is 20.8 Å². The minimum Gasteiger partial charge on any atom is -0.495 e. The zero-order valence-electron chi connectivity index (χ0n) is 11.8. The van der Waals surface area contributed by atoms with Gasteiger partial charge in [0, 0.05) is 5.56 Å². The summed E-state index contributed by atoms with van der Waals surface area (Å²) in [4.78, 5) is 0. The van der Waals surface area contributed by atoms with Gasteiger partial charge in [-0.05, 0) is 30.8 Å². The Morgan fingerprint density at radius 2 is 2.05 bits per heavy atom. The Hall–Kier alpha value is -1.65. The second-order valence-corrected chi connectivity index (χ2v) is 4.59. The molecule has 0 amide bonds. The Labute approximate surface area is 123 Å².